The summed E-state index contributed by atoms with van der Waals surface area (Å²) < 4.78 is 31.9. The van der Waals surface area contributed by atoms with E-state index in [9.17, 15) is 8.42 Å². The average Bonchev–Trinajstić information content (AvgIpc) is 2.41. The minimum absolute atomic E-state index is 0.0563. The summed E-state index contributed by atoms with van der Waals surface area (Å²) in [6.45, 7) is 1.77. The number of methoxy groups -OCH3 is 1. The standard InChI is InChI=1S/C13H15N3O3S/c1-9-4-3-7-15-13(9)16-20(17,18)10-5-6-12(19-2)11(14)8-10/h3-8H,14H2,1-2H3,(H,15,16). The lowest BCUT2D eigenvalue weighted by Crippen LogP contribution is -2.15. The summed E-state index contributed by atoms with van der Waals surface area (Å²) in [5, 5.41) is 0. The van der Waals surface area contributed by atoms with Crippen LogP contribution in [0, 0.1) is 6.92 Å². The Hall–Kier alpha value is -2.28. The highest BCUT2D eigenvalue weighted by Crippen LogP contribution is 2.25. The molecule has 106 valence electrons. The number of ether oxygens (including phenoxy) is 1. The normalized spacial score (nSPS) is 11.1. The summed E-state index contributed by atoms with van der Waals surface area (Å²) >= 11 is 0. The Balaban J connectivity index is 2.36. The van der Waals surface area contributed by atoms with Crippen molar-refractivity contribution in [3.05, 3.63) is 42.1 Å². The summed E-state index contributed by atoms with van der Waals surface area (Å²) in [6, 6.07) is 7.79. The van der Waals surface area contributed by atoms with Crippen LogP contribution in [0.25, 0.3) is 0 Å². The molecular weight excluding hydrogens is 278 g/mol. The molecule has 1 heterocycles. The topological polar surface area (TPSA) is 94.3 Å². The molecule has 0 unspecified atom stereocenters. The van der Waals surface area contributed by atoms with Gasteiger partial charge in [0.15, 0.2) is 0 Å². The van der Waals surface area contributed by atoms with Gasteiger partial charge in [-0.05, 0) is 36.8 Å². The van der Waals surface area contributed by atoms with Crippen molar-refractivity contribution in [2.45, 2.75) is 11.8 Å². The zero-order valence-corrected chi connectivity index (χ0v) is 11.9. The van der Waals surface area contributed by atoms with Crippen molar-refractivity contribution in [2.75, 3.05) is 17.6 Å². The van der Waals surface area contributed by atoms with Crippen molar-refractivity contribution in [1.82, 2.24) is 4.98 Å². The second kappa shape index (κ2) is 5.38. The number of hydrogen-bond donors (Lipinski definition) is 2. The molecular formula is C13H15N3O3S. The largest absolute Gasteiger partial charge is 0.495 e. The molecule has 0 bridgehead atoms. The molecule has 0 aliphatic rings. The number of sulfonamides is 1. The van der Waals surface area contributed by atoms with Crippen molar-refractivity contribution < 1.29 is 13.2 Å². The first kappa shape index (κ1) is 14.1. The van der Waals surface area contributed by atoms with Crippen molar-refractivity contribution in [3.63, 3.8) is 0 Å². The lowest BCUT2D eigenvalue weighted by Gasteiger charge is -2.11. The van der Waals surface area contributed by atoms with Gasteiger partial charge in [0, 0.05) is 6.20 Å². The summed E-state index contributed by atoms with van der Waals surface area (Å²) in [4.78, 5) is 4.06. The van der Waals surface area contributed by atoms with Crippen LogP contribution in [0.4, 0.5) is 11.5 Å². The SMILES string of the molecule is COc1ccc(S(=O)(=O)Nc2ncccc2C)cc1N. The summed E-state index contributed by atoms with van der Waals surface area (Å²) in [6.07, 6.45) is 1.52. The van der Waals surface area contributed by atoms with Crippen molar-refractivity contribution in [1.29, 1.82) is 0 Å². The van der Waals surface area contributed by atoms with Crippen LogP contribution >= 0.6 is 0 Å². The molecule has 0 aliphatic carbocycles. The first-order valence-corrected chi connectivity index (χ1v) is 7.30. The Labute approximate surface area is 117 Å². The molecule has 0 spiro atoms. The molecule has 2 aromatic rings. The number of nitrogens with one attached hydrogen (secondary N) is 1. The predicted octanol–water partition coefficient (Wildman–Crippen LogP) is 1.78. The van der Waals surface area contributed by atoms with Gasteiger partial charge in [-0.1, -0.05) is 6.07 Å². The van der Waals surface area contributed by atoms with Gasteiger partial charge in [-0.3, -0.25) is 4.72 Å². The number of anilines is 2. The van der Waals surface area contributed by atoms with Crippen LogP contribution in [0.3, 0.4) is 0 Å². The van der Waals surface area contributed by atoms with E-state index in [1.807, 2.05) is 0 Å². The van der Waals surface area contributed by atoms with Crippen molar-refractivity contribution in [2.24, 2.45) is 0 Å². The van der Waals surface area contributed by atoms with Gasteiger partial charge < -0.3 is 10.5 Å². The fraction of sp³-hybridized carbons (Fsp3) is 0.154. The number of benzene rings is 1. The van der Waals surface area contributed by atoms with E-state index in [1.165, 1.54) is 31.5 Å². The summed E-state index contributed by atoms with van der Waals surface area (Å²) in [5.74, 6) is 0.722. The Kier molecular flexibility index (Phi) is 3.80. The molecule has 7 heteroatoms. The maximum Gasteiger partial charge on any atom is 0.263 e. The highest BCUT2D eigenvalue weighted by molar-refractivity contribution is 7.92. The van der Waals surface area contributed by atoms with Gasteiger partial charge in [0.25, 0.3) is 10.0 Å². The van der Waals surface area contributed by atoms with Crippen LogP contribution in [-0.4, -0.2) is 20.5 Å². The van der Waals surface area contributed by atoms with Gasteiger partial charge in [0.1, 0.15) is 11.6 Å². The molecule has 0 aliphatic heterocycles. The van der Waals surface area contributed by atoms with E-state index >= 15 is 0 Å². The molecule has 0 fully saturated rings. The summed E-state index contributed by atoms with van der Waals surface area (Å²) in [7, 11) is -2.26. The number of rotatable bonds is 4. The maximum absolute atomic E-state index is 12.3. The van der Waals surface area contributed by atoms with E-state index < -0.39 is 10.0 Å². The fourth-order valence-electron chi connectivity index (χ4n) is 1.66. The Bertz CT molecular complexity index is 729. The number of aryl methyl sites for hydroxylation is 1. The quantitative estimate of drug-likeness (QED) is 0.838. The third-order valence-corrected chi connectivity index (χ3v) is 4.09. The molecule has 3 N–H and O–H groups in total. The number of pyridine rings is 1. The molecule has 0 saturated carbocycles. The molecule has 1 aromatic heterocycles. The second-order valence-electron chi connectivity index (χ2n) is 4.18. The molecule has 2 rings (SSSR count). The van der Waals surface area contributed by atoms with Crippen LogP contribution in [0.5, 0.6) is 5.75 Å². The molecule has 0 radical (unpaired) electrons. The monoisotopic (exact) mass is 293 g/mol. The Morgan fingerprint density at radius 3 is 2.65 bits per heavy atom. The third kappa shape index (κ3) is 2.83. The number of hydrogen-bond acceptors (Lipinski definition) is 5. The number of nitrogen functional groups attached to an aromatic ring is 1. The van der Waals surface area contributed by atoms with E-state index in [0.717, 1.165) is 5.56 Å². The minimum Gasteiger partial charge on any atom is -0.495 e. The van der Waals surface area contributed by atoms with Gasteiger partial charge in [-0.2, -0.15) is 0 Å². The molecule has 0 saturated heterocycles. The maximum atomic E-state index is 12.3. The molecule has 0 amide bonds. The zero-order valence-electron chi connectivity index (χ0n) is 11.1. The van der Waals surface area contributed by atoms with E-state index in [4.69, 9.17) is 10.5 Å². The smallest absolute Gasteiger partial charge is 0.263 e. The van der Waals surface area contributed by atoms with Gasteiger partial charge in [-0.15, -0.1) is 0 Å². The number of nitrogens with zero attached hydrogens (tertiary/aromatic N) is 1. The van der Waals surface area contributed by atoms with Crippen molar-refractivity contribution >= 4 is 21.5 Å². The van der Waals surface area contributed by atoms with Crippen molar-refractivity contribution in [3.8, 4) is 5.75 Å². The van der Waals surface area contributed by atoms with E-state index in [-0.39, 0.29) is 10.6 Å². The fourth-order valence-corrected chi connectivity index (χ4v) is 2.77. The molecule has 1 aromatic carbocycles. The molecule has 20 heavy (non-hydrogen) atoms. The highest BCUT2D eigenvalue weighted by atomic mass is 32.2. The van der Waals surface area contributed by atoms with Gasteiger partial charge in [0.05, 0.1) is 17.7 Å². The number of aromatic nitrogens is 1. The predicted molar refractivity (Wildman–Crippen MR) is 77.2 cm³/mol. The zero-order chi connectivity index (χ0) is 14.8. The Morgan fingerprint density at radius 1 is 1.30 bits per heavy atom. The molecule has 0 atom stereocenters. The summed E-state index contributed by atoms with van der Waals surface area (Å²) in [5.41, 5.74) is 6.71. The lowest BCUT2D eigenvalue weighted by molar-refractivity contribution is 0.416. The van der Waals surface area contributed by atoms with Gasteiger partial charge in [-0.25, -0.2) is 13.4 Å². The first-order valence-electron chi connectivity index (χ1n) is 5.82. The van der Waals surface area contributed by atoms with E-state index in [0.29, 0.717) is 11.6 Å². The van der Waals surface area contributed by atoms with E-state index in [2.05, 4.69) is 9.71 Å². The minimum atomic E-state index is -3.73. The van der Waals surface area contributed by atoms with E-state index in [1.54, 1.807) is 19.1 Å². The van der Waals surface area contributed by atoms with Crippen LogP contribution in [0.2, 0.25) is 0 Å². The van der Waals surface area contributed by atoms with Crippen LogP contribution in [0.15, 0.2) is 41.4 Å². The highest BCUT2D eigenvalue weighted by Gasteiger charge is 2.17. The first-order chi connectivity index (χ1) is 9.44. The van der Waals surface area contributed by atoms with Crippen LogP contribution < -0.4 is 15.2 Å². The van der Waals surface area contributed by atoms with Crippen LogP contribution in [-0.2, 0) is 10.0 Å². The average molecular weight is 293 g/mol. The second-order valence-corrected chi connectivity index (χ2v) is 5.86. The number of nitrogens with two attached hydrogens (primary N) is 1. The van der Waals surface area contributed by atoms with Crippen LogP contribution in [0.1, 0.15) is 5.56 Å². The van der Waals surface area contributed by atoms with Gasteiger partial charge >= 0.3 is 0 Å². The third-order valence-electron chi connectivity index (χ3n) is 2.75. The molecule has 6 nitrogen and oxygen atoms in total. The Morgan fingerprint density at radius 2 is 2.05 bits per heavy atom. The van der Waals surface area contributed by atoms with Gasteiger partial charge in [0.2, 0.25) is 0 Å². The lowest BCUT2D eigenvalue weighted by atomic mass is 10.3.